The molecule has 2 aromatic heterocycles. The Morgan fingerprint density at radius 3 is 2.55 bits per heavy atom. The lowest BCUT2D eigenvalue weighted by molar-refractivity contribution is -0.140. The van der Waals surface area contributed by atoms with Gasteiger partial charge in [0.25, 0.3) is 0 Å². The molecule has 0 aliphatic carbocycles. The van der Waals surface area contributed by atoms with Crippen LogP contribution in [0.5, 0.6) is 0 Å². The highest BCUT2D eigenvalue weighted by molar-refractivity contribution is 7.89. The fourth-order valence-electron chi connectivity index (χ4n) is 3.22. The first-order valence-electron chi connectivity index (χ1n) is 8.97. The lowest BCUT2D eigenvalue weighted by atomic mass is 10.1. The minimum absolute atomic E-state index is 0.0542. The number of carboxylic acid groups (broad SMARTS) is 1. The maximum atomic E-state index is 12.7. The van der Waals surface area contributed by atoms with Crippen LogP contribution in [0.15, 0.2) is 53.7 Å². The van der Waals surface area contributed by atoms with Crippen LogP contribution in [-0.2, 0) is 14.8 Å². The van der Waals surface area contributed by atoms with E-state index in [1.807, 2.05) is 18.3 Å². The molecule has 4 rings (SSSR count). The van der Waals surface area contributed by atoms with Gasteiger partial charge < -0.3 is 5.11 Å². The first kappa shape index (κ1) is 19.6. The van der Waals surface area contributed by atoms with E-state index in [9.17, 15) is 18.3 Å². The number of aromatic amines is 1. The van der Waals surface area contributed by atoms with Gasteiger partial charge in [0.05, 0.1) is 11.1 Å². The topological polar surface area (TPSA) is 112 Å². The Bertz CT molecular complexity index is 1310. The van der Waals surface area contributed by atoms with Crippen LogP contribution >= 0.6 is 11.3 Å². The molecule has 0 radical (unpaired) electrons. The van der Waals surface area contributed by atoms with E-state index in [2.05, 4.69) is 21.0 Å². The van der Waals surface area contributed by atoms with Crippen molar-refractivity contribution in [2.24, 2.45) is 5.92 Å². The highest BCUT2D eigenvalue weighted by Crippen LogP contribution is 2.37. The fourth-order valence-corrected chi connectivity index (χ4v) is 5.78. The molecule has 2 heterocycles. The molecule has 4 aromatic rings. The molecule has 2 aromatic carbocycles. The Labute approximate surface area is 171 Å². The molecular formula is C20H19N3O4S2. The third kappa shape index (κ3) is 3.64. The van der Waals surface area contributed by atoms with E-state index in [0.717, 1.165) is 31.3 Å². The van der Waals surface area contributed by atoms with E-state index >= 15 is 0 Å². The van der Waals surface area contributed by atoms with Gasteiger partial charge in [0.1, 0.15) is 6.04 Å². The Kier molecular flexibility index (Phi) is 4.89. The average Bonchev–Trinajstić information content (AvgIpc) is 3.32. The van der Waals surface area contributed by atoms with Gasteiger partial charge in [-0.15, -0.1) is 11.3 Å². The number of aromatic nitrogens is 2. The molecule has 0 bridgehead atoms. The first-order valence-corrected chi connectivity index (χ1v) is 11.3. The zero-order valence-electron chi connectivity index (χ0n) is 15.7. The Hall–Kier alpha value is -2.75. The maximum Gasteiger partial charge on any atom is 0.322 e. The summed E-state index contributed by atoms with van der Waals surface area (Å²) in [5.41, 5.74) is 1.99. The molecule has 9 heteroatoms. The van der Waals surface area contributed by atoms with E-state index in [1.54, 1.807) is 32.2 Å². The van der Waals surface area contributed by atoms with Crippen LogP contribution in [0.2, 0.25) is 0 Å². The Morgan fingerprint density at radius 1 is 1.10 bits per heavy atom. The summed E-state index contributed by atoms with van der Waals surface area (Å²) in [6.07, 6.45) is 3.57. The number of aliphatic carboxylic acids is 1. The van der Waals surface area contributed by atoms with Gasteiger partial charge in [-0.2, -0.15) is 9.82 Å². The second kappa shape index (κ2) is 7.25. The van der Waals surface area contributed by atoms with Crippen LogP contribution in [0.25, 0.3) is 31.3 Å². The van der Waals surface area contributed by atoms with Crippen molar-refractivity contribution >= 4 is 47.5 Å². The molecule has 0 aliphatic heterocycles. The summed E-state index contributed by atoms with van der Waals surface area (Å²) in [6, 6.07) is 9.77. The smallest absolute Gasteiger partial charge is 0.322 e. The summed E-state index contributed by atoms with van der Waals surface area (Å²) >= 11 is 1.50. The van der Waals surface area contributed by atoms with Crippen LogP contribution in [0.4, 0.5) is 0 Å². The second-order valence-corrected chi connectivity index (χ2v) is 9.94. The zero-order chi connectivity index (χ0) is 20.8. The zero-order valence-corrected chi connectivity index (χ0v) is 17.3. The van der Waals surface area contributed by atoms with Crippen molar-refractivity contribution < 1.29 is 18.3 Å². The predicted molar refractivity (Wildman–Crippen MR) is 113 cm³/mol. The van der Waals surface area contributed by atoms with Crippen LogP contribution in [0.3, 0.4) is 0 Å². The Morgan fingerprint density at radius 2 is 1.90 bits per heavy atom. The van der Waals surface area contributed by atoms with Gasteiger partial charge >= 0.3 is 5.97 Å². The number of hydrogen-bond donors (Lipinski definition) is 3. The molecule has 29 heavy (non-hydrogen) atoms. The highest BCUT2D eigenvalue weighted by atomic mass is 32.2. The number of benzene rings is 2. The quantitative estimate of drug-likeness (QED) is 0.431. The molecule has 3 N–H and O–H groups in total. The van der Waals surface area contributed by atoms with Crippen LogP contribution < -0.4 is 4.72 Å². The monoisotopic (exact) mass is 429 g/mol. The molecule has 1 atom stereocenters. The minimum Gasteiger partial charge on any atom is -0.480 e. The number of sulfonamides is 1. The number of nitrogens with zero attached hydrogens (tertiary/aromatic N) is 1. The molecule has 0 spiro atoms. The maximum absolute atomic E-state index is 12.7. The number of thiophene rings is 1. The van der Waals surface area contributed by atoms with E-state index < -0.39 is 22.0 Å². The van der Waals surface area contributed by atoms with Crippen LogP contribution in [0, 0.1) is 5.92 Å². The predicted octanol–water partition coefficient (Wildman–Crippen LogP) is 3.83. The number of fused-ring (bicyclic) bond motifs is 3. The number of carboxylic acids is 1. The van der Waals surface area contributed by atoms with Crippen molar-refractivity contribution in [2.75, 3.05) is 0 Å². The largest absolute Gasteiger partial charge is 0.480 e. The third-order valence-corrected chi connectivity index (χ3v) is 7.37. The molecule has 0 amide bonds. The van der Waals surface area contributed by atoms with Gasteiger partial charge in [-0.25, -0.2) is 8.42 Å². The normalized spacial score (nSPS) is 13.3. The van der Waals surface area contributed by atoms with Gasteiger partial charge in [0, 0.05) is 31.9 Å². The van der Waals surface area contributed by atoms with Crippen LogP contribution in [-0.4, -0.2) is 35.7 Å². The van der Waals surface area contributed by atoms with Gasteiger partial charge in [0.15, 0.2) is 0 Å². The summed E-state index contributed by atoms with van der Waals surface area (Å²) in [5.74, 6) is -1.57. The lowest BCUT2D eigenvalue weighted by Crippen LogP contribution is -2.44. The number of hydrogen-bond acceptors (Lipinski definition) is 5. The SMILES string of the molecule is CC(C)[C@H](NS(=O)(=O)c1ccc2c(c1)sc1ccc(-c3cn[nH]c3)cc12)C(=O)O. The van der Waals surface area contributed by atoms with Crippen molar-refractivity contribution in [1.29, 1.82) is 0 Å². The van der Waals surface area contributed by atoms with E-state index in [4.69, 9.17) is 0 Å². The van der Waals surface area contributed by atoms with Gasteiger partial charge in [-0.05, 0) is 35.7 Å². The van der Waals surface area contributed by atoms with E-state index in [0.29, 0.717) is 0 Å². The highest BCUT2D eigenvalue weighted by Gasteiger charge is 2.28. The summed E-state index contributed by atoms with van der Waals surface area (Å²) in [7, 11) is -3.96. The number of H-pyrrole nitrogens is 1. The molecule has 0 saturated heterocycles. The molecule has 0 unspecified atom stereocenters. The second-order valence-electron chi connectivity index (χ2n) is 7.14. The molecular weight excluding hydrogens is 410 g/mol. The lowest BCUT2D eigenvalue weighted by Gasteiger charge is -2.18. The Balaban J connectivity index is 1.76. The summed E-state index contributed by atoms with van der Waals surface area (Å²) in [6.45, 7) is 3.32. The van der Waals surface area contributed by atoms with E-state index in [-0.39, 0.29) is 10.8 Å². The fraction of sp³-hybridized carbons (Fsp3) is 0.200. The third-order valence-electron chi connectivity index (χ3n) is 4.80. The summed E-state index contributed by atoms with van der Waals surface area (Å²) in [4.78, 5) is 11.4. The van der Waals surface area contributed by atoms with Gasteiger partial charge in [0.2, 0.25) is 10.0 Å². The minimum atomic E-state index is -3.96. The summed E-state index contributed by atoms with van der Waals surface area (Å²) in [5, 5.41) is 18.1. The molecule has 7 nitrogen and oxygen atoms in total. The average molecular weight is 430 g/mol. The van der Waals surface area contributed by atoms with Crippen LogP contribution in [0.1, 0.15) is 13.8 Å². The molecule has 0 saturated carbocycles. The molecule has 0 aliphatic rings. The van der Waals surface area contributed by atoms with Crippen molar-refractivity contribution in [2.45, 2.75) is 24.8 Å². The molecule has 0 fully saturated rings. The molecule has 150 valence electrons. The van der Waals surface area contributed by atoms with Gasteiger partial charge in [-0.1, -0.05) is 26.0 Å². The number of rotatable bonds is 6. The van der Waals surface area contributed by atoms with Crippen molar-refractivity contribution in [3.8, 4) is 11.1 Å². The first-order chi connectivity index (χ1) is 13.8. The van der Waals surface area contributed by atoms with Crippen molar-refractivity contribution in [3.63, 3.8) is 0 Å². The standard InChI is InChI=1S/C20H19N3O4S2/c1-11(2)19(20(24)25)23-29(26,27)14-4-5-15-16-7-12(13-9-21-22-10-13)3-6-17(16)28-18(15)8-14/h3-11,19,23H,1-2H3,(H,21,22)(H,24,25)/t19-/m0/s1. The van der Waals surface area contributed by atoms with Crippen molar-refractivity contribution in [3.05, 3.63) is 48.8 Å². The number of nitrogens with one attached hydrogen (secondary N) is 2. The van der Waals surface area contributed by atoms with E-state index in [1.165, 1.54) is 17.4 Å². The van der Waals surface area contributed by atoms with Gasteiger partial charge in [-0.3, -0.25) is 9.89 Å². The summed E-state index contributed by atoms with van der Waals surface area (Å²) < 4.78 is 29.6. The van der Waals surface area contributed by atoms with Crippen molar-refractivity contribution in [1.82, 2.24) is 14.9 Å². The number of carbonyl (C=O) groups is 1.